The third-order valence-electron chi connectivity index (χ3n) is 7.48. The molecule has 2 unspecified atom stereocenters. The molecule has 37 heavy (non-hydrogen) atoms. The van der Waals surface area contributed by atoms with E-state index in [9.17, 15) is 23.8 Å². The molecule has 2 N–H and O–H groups in total. The number of fused-ring (bicyclic) bond motifs is 1. The number of anilines is 1. The molecule has 2 fully saturated rings. The Labute approximate surface area is 223 Å². The van der Waals surface area contributed by atoms with Crippen molar-refractivity contribution in [3.63, 3.8) is 0 Å². The van der Waals surface area contributed by atoms with E-state index < -0.39 is 25.1 Å². The van der Waals surface area contributed by atoms with Gasteiger partial charge in [0.15, 0.2) is 0 Å². The van der Waals surface area contributed by atoms with Gasteiger partial charge < -0.3 is 24.6 Å². The molecule has 5 rings (SSSR count). The first-order valence-corrected chi connectivity index (χ1v) is 13.0. The topological polar surface area (TPSA) is 82.5 Å². The SMILES string of the molecule is O=C(O)Cc1cc(Cl)c(OCC(F)F)cc1N1CC(O)C(N2CCC3(CC2)Cc2cc(Cl)ccc2O3)C1. The highest BCUT2D eigenvalue weighted by atomic mass is 35.5. The van der Waals surface area contributed by atoms with Crippen LogP contribution in [0.1, 0.15) is 24.0 Å². The van der Waals surface area contributed by atoms with E-state index in [0.29, 0.717) is 22.8 Å². The van der Waals surface area contributed by atoms with Crippen LogP contribution in [0, 0.1) is 0 Å². The summed E-state index contributed by atoms with van der Waals surface area (Å²) >= 11 is 12.3. The first-order chi connectivity index (χ1) is 17.6. The lowest BCUT2D eigenvalue weighted by Gasteiger charge is -2.41. The van der Waals surface area contributed by atoms with Crippen molar-refractivity contribution in [3.8, 4) is 11.5 Å². The van der Waals surface area contributed by atoms with Gasteiger partial charge in [0.1, 0.15) is 23.7 Å². The van der Waals surface area contributed by atoms with Crippen LogP contribution in [0.5, 0.6) is 11.5 Å². The Bertz CT molecular complexity index is 1180. The first kappa shape index (κ1) is 26.3. The van der Waals surface area contributed by atoms with Crippen molar-refractivity contribution in [3.05, 3.63) is 51.5 Å². The van der Waals surface area contributed by atoms with Crippen LogP contribution in [0.25, 0.3) is 0 Å². The molecule has 1 spiro atoms. The van der Waals surface area contributed by atoms with Crippen LogP contribution in [0.15, 0.2) is 30.3 Å². The number of rotatable bonds is 7. The molecule has 0 bridgehead atoms. The maximum atomic E-state index is 12.7. The Morgan fingerprint density at radius 2 is 1.95 bits per heavy atom. The summed E-state index contributed by atoms with van der Waals surface area (Å²) in [6.45, 7) is 1.38. The molecule has 200 valence electrons. The van der Waals surface area contributed by atoms with Crippen molar-refractivity contribution in [2.45, 2.75) is 49.9 Å². The summed E-state index contributed by atoms with van der Waals surface area (Å²) in [5, 5.41) is 21.1. The van der Waals surface area contributed by atoms with Crippen molar-refractivity contribution >= 4 is 34.9 Å². The number of nitrogens with zero attached hydrogens (tertiary/aromatic N) is 2. The fraction of sp³-hybridized carbons (Fsp3) is 0.500. The zero-order chi connectivity index (χ0) is 26.3. The maximum Gasteiger partial charge on any atom is 0.307 e. The minimum atomic E-state index is -2.67. The third kappa shape index (κ3) is 5.60. The van der Waals surface area contributed by atoms with Crippen molar-refractivity contribution in [2.24, 2.45) is 0 Å². The summed E-state index contributed by atoms with van der Waals surface area (Å²) in [5.41, 5.74) is 1.79. The lowest BCUT2D eigenvalue weighted by molar-refractivity contribution is -0.136. The molecule has 0 aliphatic carbocycles. The van der Waals surface area contributed by atoms with Gasteiger partial charge in [-0.25, -0.2) is 8.78 Å². The highest BCUT2D eigenvalue weighted by Gasteiger charge is 2.45. The number of carboxylic acid groups (broad SMARTS) is 1. The number of β-amino-alcohol motifs (C(OH)–C–C–N with tert-alkyl or cyclic N) is 1. The van der Waals surface area contributed by atoms with E-state index in [1.165, 1.54) is 12.1 Å². The molecule has 0 aromatic heterocycles. The molecule has 2 saturated heterocycles. The van der Waals surface area contributed by atoms with Gasteiger partial charge in [-0.15, -0.1) is 0 Å². The Morgan fingerprint density at radius 3 is 2.65 bits per heavy atom. The number of alkyl halides is 2. The first-order valence-electron chi connectivity index (χ1n) is 12.2. The van der Waals surface area contributed by atoms with Gasteiger partial charge in [-0.2, -0.15) is 0 Å². The number of aliphatic hydroxyl groups excluding tert-OH is 1. The number of aliphatic carboxylic acids is 1. The fourth-order valence-corrected chi connectivity index (χ4v) is 6.15. The average molecular weight is 557 g/mol. The lowest BCUT2D eigenvalue weighted by atomic mass is 9.86. The predicted octanol–water partition coefficient (Wildman–Crippen LogP) is 4.28. The third-order valence-corrected chi connectivity index (χ3v) is 8.01. The van der Waals surface area contributed by atoms with Crippen molar-refractivity contribution < 1.29 is 33.3 Å². The van der Waals surface area contributed by atoms with Crippen molar-refractivity contribution in [2.75, 3.05) is 37.7 Å². The van der Waals surface area contributed by atoms with E-state index in [2.05, 4.69) is 4.90 Å². The number of ether oxygens (including phenoxy) is 2. The molecule has 0 radical (unpaired) electrons. The number of halogens is 4. The van der Waals surface area contributed by atoms with Crippen molar-refractivity contribution in [1.82, 2.24) is 4.90 Å². The van der Waals surface area contributed by atoms with Gasteiger partial charge in [0.25, 0.3) is 6.43 Å². The molecule has 2 aromatic rings. The number of piperidine rings is 1. The van der Waals surface area contributed by atoms with E-state index >= 15 is 0 Å². The quantitative estimate of drug-likeness (QED) is 0.526. The molecular formula is C26H28Cl2F2N2O5. The van der Waals surface area contributed by atoms with Gasteiger partial charge >= 0.3 is 5.97 Å². The van der Waals surface area contributed by atoms with Crippen LogP contribution < -0.4 is 14.4 Å². The van der Waals surface area contributed by atoms with E-state index in [-0.39, 0.29) is 35.4 Å². The van der Waals surface area contributed by atoms with E-state index in [1.54, 1.807) is 0 Å². The Hall–Kier alpha value is -2.33. The second-order valence-electron chi connectivity index (χ2n) is 9.97. The molecule has 0 amide bonds. The normalized spacial score (nSPS) is 22.9. The van der Waals surface area contributed by atoms with Gasteiger partial charge in [0.2, 0.25) is 0 Å². The molecule has 11 heteroatoms. The van der Waals surface area contributed by atoms with Crippen LogP contribution in [0.3, 0.4) is 0 Å². The van der Waals surface area contributed by atoms with Gasteiger partial charge in [-0.1, -0.05) is 23.2 Å². The Balaban J connectivity index is 1.29. The number of hydrogen-bond donors (Lipinski definition) is 2. The average Bonchev–Trinajstić information content (AvgIpc) is 3.38. The number of benzene rings is 2. The summed E-state index contributed by atoms with van der Waals surface area (Å²) in [7, 11) is 0. The monoisotopic (exact) mass is 556 g/mol. The molecule has 2 aromatic carbocycles. The van der Waals surface area contributed by atoms with Crippen LogP contribution in [-0.4, -0.2) is 78.0 Å². The zero-order valence-electron chi connectivity index (χ0n) is 20.0. The largest absolute Gasteiger partial charge is 0.487 e. The highest BCUT2D eigenvalue weighted by molar-refractivity contribution is 6.32. The molecule has 3 aliphatic rings. The van der Waals surface area contributed by atoms with Crippen LogP contribution in [0.2, 0.25) is 10.0 Å². The second kappa shape index (κ2) is 10.4. The molecule has 0 saturated carbocycles. The van der Waals surface area contributed by atoms with Gasteiger partial charge in [-0.3, -0.25) is 9.69 Å². The van der Waals surface area contributed by atoms with E-state index in [0.717, 1.165) is 43.7 Å². The minimum absolute atomic E-state index is 0.0574. The zero-order valence-corrected chi connectivity index (χ0v) is 21.5. The highest BCUT2D eigenvalue weighted by Crippen LogP contribution is 2.43. The number of likely N-dealkylation sites (tertiary alicyclic amines) is 1. The van der Waals surface area contributed by atoms with Gasteiger partial charge in [0.05, 0.1) is 23.6 Å². The smallest absolute Gasteiger partial charge is 0.307 e. The molecule has 3 aliphatic heterocycles. The lowest BCUT2D eigenvalue weighted by Crippen LogP contribution is -2.53. The summed E-state index contributed by atoms with van der Waals surface area (Å²) in [6, 6.07) is 8.47. The van der Waals surface area contributed by atoms with Gasteiger partial charge in [0, 0.05) is 62.2 Å². The Kier molecular flexibility index (Phi) is 7.42. The van der Waals surface area contributed by atoms with Crippen LogP contribution >= 0.6 is 23.2 Å². The van der Waals surface area contributed by atoms with Gasteiger partial charge in [-0.05, 0) is 35.4 Å². The second-order valence-corrected chi connectivity index (χ2v) is 10.8. The summed E-state index contributed by atoms with van der Waals surface area (Å²) in [6.07, 6.45) is -1.23. The Morgan fingerprint density at radius 1 is 1.19 bits per heavy atom. The van der Waals surface area contributed by atoms with Crippen LogP contribution in [-0.2, 0) is 17.6 Å². The summed E-state index contributed by atoms with van der Waals surface area (Å²) < 4.78 is 36.9. The van der Waals surface area contributed by atoms with E-state index in [4.69, 9.17) is 32.7 Å². The van der Waals surface area contributed by atoms with Crippen molar-refractivity contribution in [1.29, 1.82) is 0 Å². The van der Waals surface area contributed by atoms with Crippen LogP contribution in [0.4, 0.5) is 14.5 Å². The molecule has 3 heterocycles. The number of carbonyl (C=O) groups is 1. The summed E-state index contributed by atoms with van der Waals surface area (Å²) in [4.78, 5) is 15.6. The molecule has 7 nitrogen and oxygen atoms in total. The fourth-order valence-electron chi connectivity index (χ4n) is 5.72. The number of hydrogen-bond acceptors (Lipinski definition) is 6. The molecular weight excluding hydrogens is 529 g/mol. The van der Waals surface area contributed by atoms with E-state index in [1.807, 2.05) is 23.1 Å². The number of aliphatic hydroxyl groups is 1. The maximum absolute atomic E-state index is 12.7. The summed E-state index contributed by atoms with van der Waals surface area (Å²) in [5.74, 6) is -0.111. The standard InChI is InChI=1S/C26H28Cl2F2N2O5/c27-17-1-2-22-16(7-17)11-26(37-22)3-5-31(6-4-26)20-12-32(13-21(20)33)19-10-23(36-14-24(29)30)18(28)8-15(19)9-25(34)35/h1-2,7-8,10,20-21,24,33H,3-6,9,11-14H2,(H,34,35). The number of carboxylic acids is 1. The molecule has 2 atom stereocenters. The minimum Gasteiger partial charge on any atom is -0.487 e. The predicted molar refractivity (Wildman–Crippen MR) is 136 cm³/mol.